The molecule has 1 aromatic carbocycles. The van der Waals surface area contributed by atoms with Crippen molar-refractivity contribution in [1.29, 1.82) is 0 Å². The first-order valence-corrected chi connectivity index (χ1v) is 7.54. The van der Waals surface area contributed by atoms with E-state index in [1.165, 1.54) is 5.56 Å². The molecule has 0 saturated heterocycles. The van der Waals surface area contributed by atoms with E-state index in [9.17, 15) is 4.79 Å². The van der Waals surface area contributed by atoms with Gasteiger partial charge in [-0.25, -0.2) is 0 Å². The van der Waals surface area contributed by atoms with Crippen LogP contribution < -0.4 is 10.1 Å². The third kappa shape index (κ3) is 5.76. The van der Waals surface area contributed by atoms with E-state index in [0.29, 0.717) is 13.0 Å². The van der Waals surface area contributed by atoms with E-state index in [4.69, 9.17) is 9.84 Å². The quantitative estimate of drug-likeness (QED) is 0.773. The predicted molar refractivity (Wildman–Crippen MR) is 85.1 cm³/mol. The van der Waals surface area contributed by atoms with Gasteiger partial charge in [-0.05, 0) is 49.9 Å². The number of hydrogen-bond donors (Lipinski definition) is 2. The van der Waals surface area contributed by atoms with Gasteiger partial charge in [0.2, 0.25) is 0 Å². The molecule has 0 amide bonds. The molecular formula is C17H27NO3. The van der Waals surface area contributed by atoms with Crippen molar-refractivity contribution in [3.8, 4) is 5.75 Å². The largest absolute Gasteiger partial charge is 0.494 e. The van der Waals surface area contributed by atoms with Crippen molar-refractivity contribution in [1.82, 2.24) is 5.32 Å². The van der Waals surface area contributed by atoms with Gasteiger partial charge in [0.25, 0.3) is 0 Å². The highest BCUT2D eigenvalue weighted by atomic mass is 16.5. The minimum atomic E-state index is -0.770. The fourth-order valence-corrected chi connectivity index (χ4v) is 2.52. The minimum absolute atomic E-state index is 0.0569. The van der Waals surface area contributed by atoms with Crippen LogP contribution in [0.15, 0.2) is 12.1 Å². The molecule has 0 radical (unpaired) electrons. The van der Waals surface area contributed by atoms with Gasteiger partial charge in [0, 0.05) is 12.1 Å². The first-order valence-electron chi connectivity index (χ1n) is 7.54. The van der Waals surface area contributed by atoms with Gasteiger partial charge in [-0.2, -0.15) is 0 Å². The summed E-state index contributed by atoms with van der Waals surface area (Å²) in [5, 5.41) is 12.4. The molecule has 0 bridgehead atoms. The highest BCUT2D eigenvalue weighted by Crippen LogP contribution is 2.24. The van der Waals surface area contributed by atoms with Crippen LogP contribution >= 0.6 is 0 Å². The molecule has 1 aromatic rings. The van der Waals surface area contributed by atoms with Crippen molar-refractivity contribution >= 4 is 5.97 Å². The molecule has 0 aliphatic heterocycles. The van der Waals surface area contributed by atoms with Gasteiger partial charge in [0.1, 0.15) is 5.75 Å². The predicted octanol–water partition coefficient (Wildman–Crippen LogP) is 3.09. The number of carboxylic acids is 1. The Morgan fingerprint density at radius 3 is 2.48 bits per heavy atom. The fraction of sp³-hybridized carbons (Fsp3) is 0.588. The second-order valence-electron chi connectivity index (χ2n) is 5.80. The van der Waals surface area contributed by atoms with Crippen LogP contribution in [0.4, 0.5) is 0 Å². The summed E-state index contributed by atoms with van der Waals surface area (Å²) in [6.45, 7) is 10.8. The lowest BCUT2D eigenvalue weighted by molar-refractivity contribution is -0.137. The van der Waals surface area contributed by atoms with Crippen LogP contribution in [0.5, 0.6) is 5.75 Å². The number of nitrogens with one attached hydrogen (secondary N) is 1. The summed E-state index contributed by atoms with van der Waals surface area (Å²) in [6.07, 6.45) is 0.841. The number of carboxylic acid groups (broad SMARTS) is 1. The summed E-state index contributed by atoms with van der Waals surface area (Å²) in [5.41, 5.74) is 3.41. The molecular weight excluding hydrogens is 266 g/mol. The number of aliphatic carboxylic acids is 1. The summed E-state index contributed by atoms with van der Waals surface area (Å²) in [7, 11) is 0. The number of aryl methyl sites for hydroxylation is 2. The molecule has 1 unspecified atom stereocenters. The first kappa shape index (κ1) is 17.5. The van der Waals surface area contributed by atoms with E-state index in [2.05, 4.69) is 11.4 Å². The van der Waals surface area contributed by atoms with Gasteiger partial charge in [0.15, 0.2) is 0 Å². The standard InChI is InChI=1S/C17H27NO3/c1-6-21-16-8-12(4)14(7-13(16)5)9-15(10-17(19)20)18-11(2)3/h7-8,11,15,18H,6,9-10H2,1-5H3,(H,19,20). The molecule has 21 heavy (non-hydrogen) atoms. The van der Waals surface area contributed by atoms with Crippen LogP contribution in [0.25, 0.3) is 0 Å². The molecule has 0 saturated carbocycles. The van der Waals surface area contributed by atoms with Crippen molar-refractivity contribution in [2.24, 2.45) is 0 Å². The van der Waals surface area contributed by atoms with Crippen LogP contribution in [0.3, 0.4) is 0 Å². The van der Waals surface area contributed by atoms with E-state index in [1.54, 1.807) is 0 Å². The van der Waals surface area contributed by atoms with Gasteiger partial charge in [-0.15, -0.1) is 0 Å². The van der Waals surface area contributed by atoms with Crippen molar-refractivity contribution in [3.63, 3.8) is 0 Å². The third-order valence-corrected chi connectivity index (χ3v) is 3.39. The summed E-state index contributed by atoms with van der Waals surface area (Å²) in [5.74, 6) is 0.138. The molecule has 0 aliphatic carbocycles. The Morgan fingerprint density at radius 2 is 1.95 bits per heavy atom. The molecule has 0 spiro atoms. The Kier molecular flexibility index (Phi) is 6.69. The Morgan fingerprint density at radius 1 is 1.29 bits per heavy atom. The zero-order valence-corrected chi connectivity index (χ0v) is 13.7. The molecule has 2 N–H and O–H groups in total. The van der Waals surface area contributed by atoms with Crippen LogP contribution in [0.1, 0.15) is 43.9 Å². The SMILES string of the molecule is CCOc1cc(C)c(CC(CC(=O)O)NC(C)C)cc1C. The average molecular weight is 293 g/mol. The molecule has 1 atom stereocenters. The normalized spacial score (nSPS) is 12.5. The van der Waals surface area contributed by atoms with Gasteiger partial charge in [0.05, 0.1) is 13.0 Å². The topological polar surface area (TPSA) is 58.6 Å². The zero-order valence-electron chi connectivity index (χ0n) is 13.7. The van der Waals surface area contributed by atoms with Gasteiger partial charge >= 0.3 is 5.97 Å². The smallest absolute Gasteiger partial charge is 0.304 e. The number of rotatable bonds is 8. The molecule has 1 rings (SSSR count). The van der Waals surface area contributed by atoms with E-state index in [-0.39, 0.29) is 18.5 Å². The van der Waals surface area contributed by atoms with E-state index < -0.39 is 5.97 Å². The van der Waals surface area contributed by atoms with Crippen molar-refractivity contribution in [2.45, 2.75) is 59.5 Å². The van der Waals surface area contributed by atoms with Crippen molar-refractivity contribution in [2.75, 3.05) is 6.61 Å². The summed E-state index contributed by atoms with van der Waals surface area (Å²) in [4.78, 5) is 11.0. The number of hydrogen-bond acceptors (Lipinski definition) is 3. The lowest BCUT2D eigenvalue weighted by atomic mass is 9.96. The first-order chi connectivity index (χ1) is 9.83. The molecule has 0 aliphatic rings. The molecule has 0 heterocycles. The number of ether oxygens (including phenoxy) is 1. The van der Waals surface area contributed by atoms with Crippen molar-refractivity contribution < 1.29 is 14.6 Å². The maximum atomic E-state index is 11.0. The fourth-order valence-electron chi connectivity index (χ4n) is 2.52. The van der Waals surface area contributed by atoms with E-state index >= 15 is 0 Å². The van der Waals surface area contributed by atoms with Gasteiger partial charge < -0.3 is 15.2 Å². The Balaban J connectivity index is 2.92. The second kappa shape index (κ2) is 8.03. The maximum absolute atomic E-state index is 11.0. The van der Waals surface area contributed by atoms with E-state index in [0.717, 1.165) is 16.9 Å². The third-order valence-electron chi connectivity index (χ3n) is 3.39. The lowest BCUT2D eigenvalue weighted by Crippen LogP contribution is -2.38. The Hall–Kier alpha value is -1.55. The monoisotopic (exact) mass is 293 g/mol. The number of carbonyl (C=O) groups is 1. The maximum Gasteiger partial charge on any atom is 0.304 e. The molecule has 118 valence electrons. The molecule has 4 heteroatoms. The average Bonchev–Trinajstić information content (AvgIpc) is 2.34. The highest BCUT2D eigenvalue weighted by Gasteiger charge is 2.16. The second-order valence-corrected chi connectivity index (χ2v) is 5.80. The number of benzene rings is 1. The summed E-state index contributed by atoms with van der Waals surface area (Å²) in [6, 6.07) is 4.36. The molecule has 4 nitrogen and oxygen atoms in total. The Labute approximate surface area is 127 Å². The van der Waals surface area contributed by atoms with Crippen LogP contribution in [0, 0.1) is 13.8 Å². The molecule has 0 aromatic heterocycles. The molecule has 0 fully saturated rings. The van der Waals surface area contributed by atoms with Crippen molar-refractivity contribution in [3.05, 3.63) is 28.8 Å². The van der Waals surface area contributed by atoms with Gasteiger partial charge in [-0.1, -0.05) is 19.9 Å². The van der Waals surface area contributed by atoms with Gasteiger partial charge in [-0.3, -0.25) is 4.79 Å². The van der Waals surface area contributed by atoms with Crippen LogP contribution in [0.2, 0.25) is 0 Å². The summed E-state index contributed by atoms with van der Waals surface area (Å²) < 4.78 is 5.60. The highest BCUT2D eigenvalue weighted by molar-refractivity contribution is 5.67. The zero-order chi connectivity index (χ0) is 16.0. The minimum Gasteiger partial charge on any atom is -0.494 e. The summed E-state index contributed by atoms with van der Waals surface area (Å²) >= 11 is 0. The Bertz CT molecular complexity index is 483. The van der Waals surface area contributed by atoms with E-state index in [1.807, 2.05) is 40.7 Å². The lowest BCUT2D eigenvalue weighted by Gasteiger charge is -2.21. The van der Waals surface area contributed by atoms with Crippen LogP contribution in [-0.4, -0.2) is 29.8 Å². The van der Waals surface area contributed by atoms with Crippen LogP contribution in [-0.2, 0) is 11.2 Å².